The molecule has 2 amide bonds. The lowest BCUT2D eigenvalue weighted by Crippen LogP contribution is -2.29. The summed E-state index contributed by atoms with van der Waals surface area (Å²) in [6, 6.07) is 22.6. The number of hydrogen-bond acceptors (Lipinski definition) is 2. The molecule has 0 bridgehead atoms. The maximum atomic E-state index is 13.4. The minimum Gasteiger partial charge on any atom is -0.338 e. The Bertz CT molecular complexity index is 1040. The molecule has 1 fully saturated rings. The molecule has 4 rings (SSSR count). The lowest BCUT2D eigenvalue weighted by Gasteiger charge is -2.19. The van der Waals surface area contributed by atoms with Gasteiger partial charge in [0.15, 0.2) is 0 Å². The minimum absolute atomic E-state index is 0.112. The molecule has 1 N–H and O–H groups in total. The van der Waals surface area contributed by atoms with Crippen molar-refractivity contribution in [3.05, 3.63) is 101 Å². The monoisotopic (exact) mass is 388 g/mol. The van der Waals surface area contributed by atoms with Crippen molar-refractivity contribution in [2.75, 3.05) is 18.4 Å². The van der Waals surface area contributed by atoms with E-state index in [1.54, 1.807) is 24.3 Å². The first-order valence-electron chi connectivity index (χ1n) is 9.62. The van der Waals surface area contributed by atoms with Crippen molar-refractivity contribution in [2.24, 2.45) is 0 Å². The Morgan fingerprint density at radius 3 is 2.48 bits per heavy atom. The number of halogens is 1. The summed E-state index contributed by atoms with van der Waals surface area (Å²) in [6.07, 6.45) is 0.910. The lowest BCUT2D eigenvalue weighted by molar-refractivity contribution is 0.0792. The van der Waals surface area contributed by atoms with Crippen LogP contribution < -0.4 is 5.32 Å². The number of anilines is 1. The Kier molecular flexibility index (Phi) is 5.38. The van der Waals surface area contributed by atoms with Gasteiger partial charge in [0, 0.05) is 24.6 Å². The Labute approximate surface area is 169 Å². The van der Waals surface area contributed by atoms with Crippen molar-refractivity contribution in [2.45, 2.75) is 12.3 Å². The van der Waals surface area contributed by atoms with Crippen molar-refractivity contribution in [1.82, 2.24) is 4.90 Å². The SMILES string of the molecule is O=C(Nc1ccccc1C(=O)N1CCC(c2ccccc2)C1)c1cccc(F)c1. The number of para-hydroxylation sites is 1. The summed E-state index contributed by atoms with van der Waals surface area (Å²) >= 11 is 0. The van der Waals surface area contributed by atoms with E-state index in [1.165, 1.54) is 29.8 Å². The molecule has 146 valence electrons. The minimum atomic E-state index is -0.481. The molecule has 4 nitrogen and oxygen atoms in total. The number of amides is 2. The van der Waals surface area contributed by atoms with Gasteiger partial charge in [-0.25, -0.2) is 4.39 Å². The maximum Gasteiger partial charge on any atom is 0.255 e. The summed E-state index contributed by atoms with van der Waals surface area (Å²) in [6.45, 7) is 1.32. The number of likely N-dealkylation sites (tertiary alicyclic amines) is 1. The van der Waals surface area contributed by atoms with Gasteiger partial charge >= 0.3 is 0 Å². The summed E-state index contributed by atoms with van der Waals surface area (Å²) in [5.41, 5.74) is 2.30. The van der Waals surface area contributed by atoms with Gasteiger partial charge in [-0.15, -0.1) is 0 Å². The van der Waals surface area contributed by atoms with Crippen LogP contribution in [0.15, 0.2) is 78.9 Å². The molecular formula is C24H21FN2O2. The summed E-state index contributed by atoms with van der Waals surface area (Å²) in [4.78, 5) is 27.5. The van der Waals surface area contributed by atoms with Crippen LogP contribution in [0.25, 0.3) is 0 Å². The van der Waals surface area contributed by atoms with Gasteiger partial charge in [0.1, 0.15) is 5.82 Å². The summed E-state index contributed by atoms with van der Waals surface area (Å²) in [5.74, 6) is -0.730. The molecule has 1 aliphatic heterocycles. The Morgan fingerprint density at radius 2 is 1.69 bits per heavy atom. The highest BCUT2D eigenvalue weighted by atomic mass is 19.1. The van der Waals surface area contributed by atoms with Crippen molar-refractivity contribution < 1.29 is 14.0 Å². The molecule has 29 heavy (non-hydrogen) atoms. The van der Waals surface area contributed by atoms with E-state index in [0.29, 0.717) is 30.3 Å². The first-order valence-corrected chi connectivity index (χ1v) is 9.62. The van der Waals surface area contributed by atoms with Crippen LogP contribution in [-0.4, -0.2) is 29.8 Å². The molecule has 0 aromatic heterocycles. The Balaban J connectivity index is 1.51. The number of benzene rings is 3. The van der Waals surface area contributed by atoms with E-state index in [-0.39, 0.29) is 11.5 Å². The molecule has 0 saturated carbocycles. The smallest absolute Gasteiger partial charge is 0.255 e. The number of nitrogens with one attached hydrogen (secondary N) is 1. The summed E-state index contributed by atoms with van der Waals surface area (Å²) < 4.78 is 13.4. The second-order valence-corrected chi connectivity index (χ2v) is 7.16. The van der Waals surface area contributed by atoms with Crippen LogP contribution >= 0.6 is 0 Å². The largest absolute Gasteiger partial charge is 0.338 e. The van der Waals surface area contributed by atoms with Gasteiger partial charge in [0.2, 0.25) is 0 Å². The highest BCUT2D eigenvalue weighted by molar-refractivity contribution is 6.09. The van der Waals surface area contributed by atoms with Crippen molar-refractivity contribution in [1.29, 1.82) is 0 Å². The first kappa shape index (κ1) is 18.9. The van der Waals surface area contributed by atoms with Crippen LogP contribution in [0.5, 0.6) is 0 Å². The van der Waals surface area contributed by atoms with Gasteiger partial charge in [-0.1, -0.05) is 48.5 Å². The molecule has 5 heteroatoms. The van der Waals surface area contributed by atoms with Crippen LogP contribution in [0.1, 0.15) is 38.6 Å². The highest BCUT2D eigenvalue weighted by Gasteiger charge is 2.29. The fraction of sp³-hybridized carbons (Fsp3) is 0.167. The molecule has 1 heterocycles. The quantitative estimate of drug-likeness (QED) is 0.704. The van der Waals surface area contributed by atoms with Crippen molar-refractivity contribution in [3.63, 3.8) is 0 Å². The highest BCUT2D eigenvalue weighted by Crippen LogP contribution is 2.29. The van der Waals surface area contributed by atoms with E-state index in [0.717, 1.165) is 6.42 Å². The van der Waals surface area contributed by atoms with Crippen LogP contribution in [0, 0.1) is 5.82 Å². The first-order chi connectivity index (χ1) is 14.1. The number of hydrogen-bond donors (Lipinski definition) is 1. The van der Waals surface area contributed by atoms with Gasteiger partial charge in [-0.2, -0.15) is 0 Å². The topological polar surface area (TPSA) is 49.4 Å². The zero-order valence-corrected chi connectivity index (χ0v) is 15.8. The van der Waals surface area contributed by atoms with E-state index in [9.17, 15) is 14.0 Å². The molecule has 1 aliphatic rings. The molecule has 3 aromatic rings. The number of carbonyl (C=O) groups excluding carboxylic acids is 2. The normalized spacial score (nSPS) is 15.9. The van der Waals surface area contributed by atoms with E-state index >= 15 is 0 Å². The number of rotatable bonds is 4. The second-order valence-electron chi connectivity index (χ2n) is 7.16. The Morgan fingerprint density at radius 1 is 0.931 bits per heavy atom. The fourth-order valence-corrected chi connectivity index (χ4v) is 3.72. The van der Waals surface area contributed by atoms with Crippen LogP contribution in [0.3, 0.4) is 0 Å². The Hall–Kier alpha value is -3.47. The zero-order valence-electron chi connectivity index (χ0n) is 15.8. The third-order valence-corrected chi connectivity index (χ3v) is 5.24. The van der Waals surface area contributed by atoms with Gasteiger partial charge in [-0.05, 0) is 42.3 Å². The second kappa shape index (κ2) is 8.27. The van der Waals surface area contributed by atoms with Gasteiger partial charge in [-0.3, -0.25) is 9.59 Å². The van der Waals surface area contributed by atoms with Crippen LogP contribution in [0.2, 0.25) is 0 Å². The molecule has 1 atom stereocenters. The van der Waals surface area contributed by atoms with Gasteiger partial charge in [0.05, 0.1) is 11.3 Å². The molecular weight excluding hydrogens is 367 g/mol. The van der Waals surface area contributed by atoms with E-state index in [4.69, 9.17) is 0 Å². The van der Waals surface area contributed by atoms with Crippen molar-refractivity contribution >= 4 is 17.5 Å². The molecule has 0 radical (unpaired) electrons. The maximum absolute atomic E-state index is 13.4. The number of nitrogens with zero attached hydrogens (tertiary/aromatic N) is 1. The predicted molar refractivity (Wildman–Crippen MR) is 110 cm³/mol. The third kappa shape index (κ3) is 4.19. The summed E-state index contributed by atoms with van der Waals surface area (Å²) in [7, 11) is 0. The van der Waals surface area contributed by atoms with Gasteiger partial charge < -0.3 is 10.2 Å². The van der Waals surface area contributed by atoms with Gasteiger partial charge in [0.25, 0.3) is 11.8 Å². The molecule has 0 aliphatic carbocycles. The molecule has 1 saturated heterocycles. The standard InChI is InChI=1S/C24H21FN2O2/c25-20-10-6-9-18(15-20)23(28)26-22-12-5-4-11-21(22)24(29)27-14-13-19(16-27)17-7-2-1-3-8-17/h1-12,15,19H,13-14,16H2,(H,26,28). The number of carbonyl (C=O) groups is 2. The average molecular weight is 388 g/mol. The van der Waals surface area contributed by atoms with Crippen molar-refractivity contribution in [3.8, 4) is 0 Å². The van der Waals surface area contributed by atoms with Crippen LogP contribution in [-0.2, 0) is 0 Å². The fourth-order valence-electron chi connectivity index (χ4n) is 3.72. The van der Waals surface area contributed by atoms with Crippen LogP contribution in [0.4, 0.5) is 10.1 Å². The lowest BCUT2D eigenvalue weighted by atomic mass is 9.99. The zero-order chi connectivity index (χ0) is 20.2. The predicted octanol–water partition coefficient (Wildman–Crippen LogP) is 4.71. The molecule has 3 aromatic carbocycles. The average Bonchev–Trinajstić information content (AvgIpc) is 3.25. The summed E-state index contributed by atoms with van der Waals surface area (Å²) in [5, 5.41) is 2.75. The third-order valence-electron chi connectivity index (χ3n) is 5.24. The van der Waals surface area contributed by atoms with E-state index in [2.05, 4.69) is 17.4 Å². The van der Waals surface area contributed by atoms with E-state index in [1.807, 2.05) is 23.1 Å². The molecule has 0 spiro atoms. The van der Waals surface area contributed by atoms with E-state index < -0.39 is 11.7 Å². The molecule has 1 unspecified atom stereocenters.